The molecule has 1 atom stereocenters. The van der Waals surface area contributed by atoms with Crippen LogP contribution in [-0.4, -0.2) is 35.3 Å². The first-order valence-electron chi connectivity index (χ1n) is 8.41. The number of amides is 2. The van der Waals surface area contributed by atoms with Gasteiger partial charge in [0.1, 0.15) is 0 Å². The number of nitrogens with one attached hydrogen (secondary N) is 1. The highest BCUT2D eigenvalue weighted by Crippen LogP contribution is 2.23. The van der Waals surface area contributed by atoms with Crippen LogP contribution in [-0.2, 0) is 0 Å². The Bertz CT molecular complexity index is 566. The van der Waals surface area contributed by atoms with Gasteiger partial charge in [-0.2, -0.15) is 0 Å². The number of benzene rings is 1. The van der Waals surface area contributed by atoms with Crippen LogP contribution in [0.5, 0.6) is 0 Å². The predicted octanol–water partition coefficient (Wildman–Crippen LogP) is 2.98. The van der Waals surface area contributed by atoms with E-state index in [-0.39, 0.29) is 11.8 Å². The van der Waals surface area contributed by atoms with Crippen molar-refractivity contribution < 1.29 is 9.59 Å². The summed E-state index contributed by atoms with van der Waals surface area (Å²) in [6.45, 7) is 2.96. The van der Waals surface area contributed by atoms with Crippen molar-refractivity contribution >= 4 is 11.8 Å². The third-order valence-electron chi connectivity index (χ3n) is 4.64. The largest absolute Gasteiger partial charge is 0.349 e. The summed E-state index contributed by atoms with van der Waals surface area (Å²) < 4.78 is 0. The van der Waals surface area contributed by atoms with E-state index in [4.69, 9.17) is 0 Å². The minimum absolute atomic E-state index is 0.0626. The first-order valence-corrected chi connectivity index (χ1v) is 8.41. The Hall–Kier alpha value is -1.84. The van der Waals surface area contributed by atoms with Gasteiger partial charge in [-0.1, -0.05) is 13.0 Å². The van der Waals surface area contributed by atoms with E-state index >= 15 is 0 Å². The Morgan fingerprint density at radius 3 is 2.68 bits per heavy atom. The third kappa shape index (κ3) is 3.32. The van der Waals surface area contributed by atoms with Crippen molar-refractivity contribution in [3.8, 4) is 0 Å². The second kappa shape index (κ2) is 6.51. The topological polar surface area (TPSA) is 49.4 Å². The Balaban J connectivity index is 1.75. The Morgan fingerprint density at radius 2 is 1.95 bits per heavy atom. The molecule has 118 valence electrons. The van der Waals surface area contributed by atoms with Crippen molar-refractivity contribution in [3.05, 3.63) is 35.4 Å². The van der Waals surface area contributed by atoms with E-state index in [0.29, 0.717) is 23.2 Å². The van der Waals surface area contributed by atoms with Gasteiger partial charge >= 0.3 is 0 Å². The number of hydrogen-bond acceptors (Lipinski definition) is 2. The molecule has 1 aliphatic carbocycles. The molecule has 1 saturated carbocycles. The molecule has 22 heavy (non-hydrogen) atoms. The maximum absolute atomic E-state index is 12.8. The summed E-state index contributed by atoms with van der Waals surface area (Å²) in [5.74, 6) is -0.00421. The SMILES string of the molecule is CCC1CCCCN1C(=O)c1cccc(C(=O)NC2CC2)c1. The van der Waals surface area contributed by atoms with Crippen LogP contribution in [0.2, 0.25) is 0 Å². The molecule has 4 heteroatoms. The summed E-state index contributed by atoms with van der Waals surface area (Å²) in [6, 6.07) is 7.81. The molecular formula is C18H24N2O2. The summed E-state index contributed by atoms with van der Waals surface area (Å²) in [5.41, 5.74) is 1.21. The molecule has 2 aliphatic rings. The maximum atomic E-state index is 12.8. The van der Waals surface area contributed by atoms with E-state index in [0.717, 1.165) is 38.6 Å². The fourth-order valence-electron chi connectivity index (χ4n) is 3.15. The normalized spacial score (nSPS) is 21.5. The fourth-order valence-corrected chi connectivity index (χ4v) is 3.15. The molecule has 1 saturated heterocycles. The van der Waals surface area contributed by atoms with Gasteiger partial charge in [-0.25, -0.2) is 0 Å². The second-order valence-electron chi connectivity index (χ2n) is 6.38. The highest BCUT2D eigenvalue weighted by atomic mass is 16.2. The Kier molecular flexibility index (Phi) is 4.46. The number of carbonyl (C=O) groups is 2. The minimum Gasteiger partial charge on any atom is -0.349 e. The van der Waals surface area contributed by atoms with Gasteiger partial charge in [0, 0.05) is 29.8 Å². The van der Waals surface area contributed by atoms with E-state index in [2.05, 4.69) is 12.2 Å². The van der Waals surface area contributed by atoms with Gasteiger partial charge in [-0.15, -0.1) is 0 Å². The molecule has 2 fully saturated rings. The standard InChI is InChI=1S/C18H24N2O2/c1-2-16-8-3-4-11-20(16)18(22)14-7-5-6-13(12-14)17(21)19-15-9-10-15/h5-7,12,15-16H,2-4,8-11H2,1H3,(H,19,21). The molecule has 0 bridgehead atoms. The van der Waals surface area contributed by atoms with Crippen LogP contribution in [0.15, 0.2) is 24.3 Å². The molecule has 1 aromatic rings. The highest BCUT2D eigenvalue weighted by molar-refractivity contribution is 6.00. The van der Waals surface area contributed by atoms with Gasteiger partial charge < -0.3 is 10.2 Å². The monoisotopic (exact) mass is 300 g/mol. The van der Waals surface area contributed by atoms with E-state index in [1.165, 1.54) is 6.42 Å². The quantitative estimate of drug-likeness (QED) is 0.929. The molecule has 0 aromatic heterocycles. The van der Waals surface area contributed by atoms with Crippen molar-refractivity contribution in [3.63, 3.8) is 0 Å². The Morgan fingerprint density at radius 1 is 1.18 bits per heavy atom. The van der Waals surface area contributed by atoms with E-state index in [1.54, 1.807) is 18.2 Å². The van der Waals surface area contributed by atoms with Gasteiger partial charge in [0.2, 0.25) is 0 Å². The smallest absolute Gasteiger partial charge is 0.254 e. The Labute approximate surface area is 131 Å². The van der Waals surface area contributed by atoms with Gasteiger partial charge in [0.15, 0.2) is 0 Å². The zero-order chi connectivity index (χ0) is 15.5. The second-order valence-corrected chi connectivity index (χ2v) is 6.38. The minimum atomic E-state index is -0.0668. The average Bonchev–Trinajstić information content (AvgIpc) is 3.38. The van der Waals surface area contributed by atoms with Gasteiger partial charge in [0.05, 0.1) is 0 Å². The first-order chi connectivity index (χ1) is 10.7. The number of piperidine rings is 1. The van der Waals surface area contributed by atoms with Crippen LogP contribution in [0.1, 0.15) is 66.2 Å². The lowest BCUT2D eigenvalue weighted by Gasteiger charge is -2.35. The number of rotatable bonds is 4. The molecule has 1 aromatic carbocycles. The molecule has 2 amide bonds. The highest BCUT2D eigenvalue weighted by Gasteiger charge is 2.27. The molecule has 1 aliphatic heterocycles. The lowest BCUT2D eigenvalue weighted by atomic mass is 9.98. The molecule has 0 spiro atoms. The molecule has 0 radical (unpaired) electrons. The summed E-state index contributed by atoms with van der Waals surface area (Å²) >= 11 is 0. The first kappa shape index (κ1) is 15.1. The van der Waals surface area contributed by atoms with Crippen molar-refractivity contribution in [1.82, 2.24) is 10.2 Å². The number of nitrogens with zero attached hydrogens (tertiary/aromatic N) is 1. The lowest BCUT2D eigenvalue weighted by molar-refractivity contribution is 0.0608. The van der Waals surface area contributed by atoms with Crippen LogP contribution >= 0.6 is 0 Å². The van der Waals surface area contributed by atoms with Crippen molar-refractivity contribution in [1.29, 1.82) is 0 Å². The third-order valence-corrected chi connectivity index (χ3v) is 4.64. The average molecular weight is 300 g/mol. The molecular weight excluding hydrogens is 276 g/mol. The zero-order valence-electron chi connectivity index (χ0n) is 13.2. The lowest BCUT2D eigenvalue weighted by Crippen LogP contribution is -2.43. The van der Waals surface area contributed by atoms with Gasteiger partial charge in [0.25, 0.3) is 11.8 Å². The summed E-state index contributed by atoms with van der Waals surface area (Å²) in [5, 5.41) is 2.97. The van der Waals surface area contributed by atoms with E-state index in [1.807, 2.05) is 11.0 Å². The molecule has 1 heterocycles. The molecule has 3 rings (SSSR count). The number of hydrogen-bond donors (Lipinski definition) is 1. The fraction of sp³-hybridized carbons (Fsp3) is 0.556. The zero-order valence-corrected chi connectivity index (χ0v) is 13.2. The van der Waals surface area contributed by atoms with Crippen LogP contribution in [0.25, 0.3) is 0 Å². The predicted molar refractivity (Wildman–Crippen MR) is 85.9 cm³/mol. The van der Waals surface area contributed by atoms with Crippen LogP contribution in [0, 0.1) is 0 Å². The van der Waals surface area contributed by atoms with Crippen molar-refractivity contribution in [2.75, 3.05) is 6.54 Å². The van der Waals surface area contributed by atoms with Crippen LogP contribution in [0.4, 0.5) is 0 Å². The number of carbonyl (C=O) groups excluding carboxylic acids is 2. The van der Waals surface area contributed by atoms with Gasteiger partial charge in [-0.05, 0) is 56.7 Å². The summed E-state index contributed by atoms with van der Waals surface area (Å²) in [6.07, 6.45) is 6.49. The molecule has 1 unspecified atom stereocenters. The van der Waals surface area contributed by atoms with Crippen LogP contribution in [0.3, 0.4) is 0 Å². The van der Waals surface area contributed by atoms with Gasteiger partial charge in [-0.3, -0.25) is 9.59 Å². The van der Waals surface area contributed by atoms with E-state index < -0.39 is 0 Å². The maximum Gasteiger partial charge on any atom is 0.254 e. The summed E-state index contributed by atoms with van der Waals surface area (Å²) in [7, 11) is 0. The van der Waals surface area contributed by atoms with Crippen LogP contribution < -0.4 is 5.32 Å². The summed E-state index contributed by atoms with van der Waals surface area (Å²) in [4.78, 5) is 26.9. The molecule has 4 nitrogen and oxygen atoms in total. The molecule has 1 N–H and O–H groups in total. The van der Waals surface area contributed by atoms with E-state index in [9.17, 15) is 9.59 Å². The van der Waals surface area contributed by atoms with Crippen molar-refractivity contribution in [2.24, 2.45) is 0 Å². The number of likely N-dealkylation sites (tertiary alicyclic amines) is 1. The van der Waals surface area contributed by atoms with Crippen molar-refractivity contribution in [2.45, 2.75) is 57.5 Å².